The number of carboxylic acid groups (broad SMARTS) is 1. The van der Waals surface area contributed by atoms with Crippen LogP contribution < -0.4 is 0 Å². The van der Waals surface area contributed by atoms with Crippen LogP contribution in [0.25, 0.3) is 0 Å². The van der Waals surface area contributed by atoms with Crippen LogP contribution in [0.5, 0.6) is 0 Å². The van der Waals surface area contributed by atoms with E-state index in [0.717, 1.165) is 4.90 Å². The number of aliphatic carboxylic acids is 1. The number of rotatable bonds is 3. The Balaban J connectivity index is 3.07. The number of carbonyl (C=O) groups excluding carboxylic acids is 1. The van der Waals surface area contributed by atoms with Crippen molar-refractivity contribution in [3.63, 3.8) is 0 Å². The van der Waals surface area contributed by atoms with Gasteiger partial charge in [0.15, 0.2) is 0 Å². The van der Waals surface area contributed by atoms with Crippen molar-refractivity contribution in [2.45, 2.75) is 19.4 Å². The lowest BCUT2D eigenvalue weighted by molar-refractivity contribution is -0.147. The fourth-order valence-corrected chi connectivity index (χ4v) is 1.12. The molecule has 0 unspecified atom stereocenters. The van der Waals surface area contributed by atoms with E-state index in [4.69, 9.17) is 5.11 Å². The predicted molar refractivity (Wildman–Crippen MR) is 58.0 cm³/mol. The molecule has 6 heteroatoms. The van der Waals surface area contributed by atoms with Crippen molar-refractivity contribution in [3.05, 3.63) is 29.8 Å². The fourth-order valence-electron chi connectivity index (χ4n) is 1.12. The summed E-state index contributed by atoms with van der Waals surface area (Å²) in [7, 11) is 1.31. The van der Waals surface area contributed by atoms with Crippen LogP contribution in [-0.4, -0.2) is 39.5 Å². The maximum absolute atomic E-state index is 13.3. The highest BCUT2D eigenvalue weighted by Crippen LogP contribution is 2.17. The molecule has 1 amide bonds. The highest BCUT2D eigenvalue weighted by atomic mass is 19.1. The van der Waals surface area contributed by atoms with Crippen molar-refractivity contribution >= 4 is 11.9 Å². The van der Waals surface area contributed by atoms with Gasteiger partial charge in [0.1, 0.15) is 5.54 Å². The van der Waals surface area contributed by atoms with E-state index in [9.17, 15) is 14.0 Å². The standard InChI is InChI=1S/C11H13FN2O3/c1-11(2,10(16)17)14(3)9(15)7-5-4-6-13-8(7)12/h4-6H,1-3H3,(H,16,17). The first-order valence-electron chi connectivity index (χ1n) is 4.90. The largest absolute Gasteiger partial charge is 0.480 e. The third kappa shape index (κ3) is 2.41. The zero-order chi connectivity index (χ0) is 13.2. The number of amides is 1. The highest BCUT2D eigenvalue weighted by molar-refractivity contribution is 5.97. The number of carboxylic acids is 1. The average Bonchev–Trinajstić information content (AvgIpc) is 2.27. The van der Waals surface area contributed by atoms with Gasteiger partial charge in [0.2, 0.25) is 5.95 Å². The van der Waals surface area contributed by atoms with Gasteiger partial charge in [-0.3, -0.25) is 4.79 Å². The Hall–Kier alpha value is -1.98. The fraction of sp³-hybridized carbons (Fsp3) is 0.364. The number of pyridine rings is 1. The van der Waals surface area contributed by atoms with Gasteiger partial charge in [-0.05, 0) is 26.0 Å². The quantitative estimate of drug-likeness (QED) is 0.805. The van der Waals surface area contributed by atoms with E-state index in [1.165, 1.54) is 39.2 Å². The summed E-state index contributed by atoms with van der Waals surface area (Å²) in [5, 5.41) is 8.97. The Bertz CT molecular complexity index is 460. The Morgan fingerprint density at radius 3 is 2.53 bits per heavy atom. The molecular weight excluding hydrogens is 227 g/mol. The summed E-state index contributed by atoms with van der Waals surface area (Å²) in [4.78, 5) is 27.2. The molecule has 1 heterocycles. The molecule has 0 fully saturated rings. The summed E-state index contributed by atoms with van der Waals surface area (Å²) in [6.45, 7) is 2.73. The molecule has 17 heavy (non-hydrogen) atoms. The number of nitrogens with zero attached hydrogens (tertiary/aromatic N) is 2. The van der Waals surface area contributed by atoms with Crippen molar-refractivity contribution < 1.29 is 19.1 Å². The summed E-state index contributed by atoms with van der Waals surface area (Å²) >= 11 is 0. The van der Waals surface area contributed by atoms with E-state index < -0.39 is 23.4 Å². The van der Waals surface area contributed by atoms with Crippen molar-refractivity contribution in [1.82, 2.24) is 9.88 Å². The molecule has 5 nitrogen and oxygen atoms in total. The van der Waals surface area contributed by atoms with Crippen molar-refractivity contribution in [3.8, 4) is 0 Å². The predicted octanol–water partition coefficient (Wildman–Crippen LogP) is 1.16. The van der Waals surface area contributed by atoms with E-state index in [0.29, 0.717) is 0 Å². The molecule has 0 atom stereocenters. The van der Waals surface area contributed by atoms with E-state index in [-0.39, 0.29) is 5.56 Å². The topological polar surface area (TPSA) is 70.5 Å². The van der Waals surface area contributed by atoms with Gasteiger partial charge in [-0.25, -0.2) is 9.78 Å². The van der Waals surface area contributed by atoms with Crippen LogP contribution in [0.15, 0.2) is 18.3 Å². The van der Waals surface area contributed by atoms with Gasteiger partial charge in [-0.2, -0.15) is 4.39 Å². The summed E-state index contributed by atoms with van der Waals surface area (Å²) < 4.78 is 13.3. The van der Waals surface area contributed by atoms with Gasteiger partial charge < -0.3 is 10.0 Å². The summed E-state index contributed by atoms with van der Waals surface area (Å²) in [6.07, 6.45) is 1.22. The second kappa shape index (κ2) is 4.48. The molecule has 0 saturated heterocycles. The van der Waals surface area contributed by atoms with Crippen molar-refractivity contribution in [1.29, 1.82) is 0 Å². The zero-order valence-corrected chi connectivity index (χ0v) is 9.77. The highest BCUT2D eigenvalue weighted by Gasteiger charge is 2.36. The molecule has 0 aromatic carbocycles. The molecule has 1 N–H and O–H groups in total. The Morgan fingerprint density at radius 1 is 1.47 bits per heavy atom. The molecule has 1 aromatic heterocycles. The van der Waals surface area contributed by atoms with Gasteiger partial charge in [0.25, 0.3) is 5.91 Å². The average molecular weight is 240 g/mol. The molecule has 1 rings (SSSR count). The zero-order valence-electron chi connectivity index (χ0n) is 9.77. The lowest BCUT2D eigenvalue weighted by Gasteiger charge is -2.31. The first-order valence-corrected chi connectivity index (χ1v) is 4.90. The second-order valence-corrected chi connectivity index (χ2v) is 4.07. The lowest BCUT2D eigenvalue weighted by atomic mass is 10.0. The van der Waals surface area contributed by atoms with Gasteiger partial charge in [0, 0.05) is 13.2 Å². The molecule has 0 bridgehead atoms. The Kier molecular flexibility index (Phi) is 3.45. The van der Waals surface area contributed by atoms with E-state index in [1.807, 2.05) is 0 Å². The molecule has 0 radical (unpaired) electrons. The monoisotopic (exact) mass is 240 g/mol. The van der Waals surface area contributed by atoms with E-state index in [2.05, 4.69) is 4.98 Å². The maximum atomic E-state index is 13.3. The number of carbonyl (C=O) groups is 2. The first-order chi connectivity index (χ1) is 7.78. The third-order valence-corrected chi connectivity index (χ3v) is 2.66. The van der Waals surface area contributed by atoms with Crippen LogP contribution in [-0.2, 0) is 4.79 Å². The number of aromatic nitrogens is 1. The molecule has 0 aliphatic rings. The first kappa shape index (κ1) is 13.1. The number of halogens is 1. The SMILES string of the molecule is CN(C(=O)c1cccnc1F)C(C)(C)C(=O)O. The minimum absolute atomic E-state index is 0.246. The molecular formula is C11H13FN2O3. The van der Waals surface area contributed by atoms with Crippen molar-refractivity contribution in [2.75, 3.05) is 7.05 Å². The van der Waals surface area contributed by atoms with Crippen LogP contribution in [0.4, 0.5) is 4.39 Å². The summed E-state index contributed by atoms with van der Waals surface area (Å²) in [6, 6.07) is 2.68. The maximum Gasteiger partial charge on any atom is 0.329 e. The number of hydrogen-bond acceptors (Lipinski definition) is 3. The molecule has 0 saturated carbocycles. The lowest BCUT2D eigenvalue weighted by Crippen LogP contribution is -2.51. The Morgan fingerprint density at radius 2 is 2.06 bits per heavy atom. The van der Waals surface area contributed by atoms with E-state index in [1.54, 1.807) is 0 Å². The molecule has 0 aliphatic carbocycles. The van der Waals surface area contributed by atoms with Crippen LogP contribution in [0.3, 0.4) is 0 Å². The van der Waals surface area contributed by atoms with Crippen LogP contribution >= 0.6 is 0 Å². The molecule has 0 spiro atoms. The van der Waals surface area contributed by atoms with Crippen molar-refractivity contribution in [2.24, 2.45) is 0 Å². The smallest absolute Gasteiger partial charge is 0.329 e. The van der Waals surface area contributed by atoms with Gasteiger partial charge in [0.05, 0.1) is 5.56 Å². The van der Waals surface area contributed by atoms with Crippen LogP contribution in [0, 0.1) is 5.95 Å². The summed E-state index contributed by atoms with van der Waals surface area (Å²) in [5.74, 6) is -2.80. The van der Waals surface area contributed by atoms with Crippen LogP contribution in [0.2, 0.25) is 0 Å². The summed E-state index contributed by atoms with van der Waals surface area (Å²) in [5.41, 5.74) is -1.66. The minimum atomic E-state index is -1.42. The van der Waals surface area contributed by atoms with Gasteiger partial charge in [-0.15, -0.1) is 0 Å². The number of likely N-dealkylation sites (N-methyl/N-ethyl adjacent to an activating group) is 1. The number of hydrogen-bond donors (Lipinski definition) is 1. The minimum Gasteiger partial charge on any atom is -0.480 e. The molecule has 0 aliphatic heterocycles. The third-order valence-electron chi connectivity index (χ3n) is 2.66. The second-order valence-electron chi connectivity index (χ2n) is 4.07. The molecule has 92 valence electrons. The molecule has 1 aromatic rings. The van der Waals surface area contributed by atoms with Gasteiger partial charge >= 0.3 is 5.97 Å². The van der Waals surface area contributed by atoms with Crippen LogP contribution in [0.1, 0.15) is 24.2 Å². The van der Waals surface area contributed by atoms with Gasteiger partial charge in [-0.1, -0.05) is 0 Å². The normalized spacial score (nSPS) is 11.1. The Labute approximate surface area is 97.9 Å². The van der Waals surface area contributed by atoms with E-state index >= 15 is 0 Å².